The number of pyridine rings is 1. The molecule has 0 bridgehead atoms. The summed E-state index contributed by atoms with van der Waals surface area (Å²) in [4.78, 5) is 6.86. The Bertz CT molecular complexity index is 585. The second-order valence-corrected chi connectivity index (χ2v) is 4.92. The number of nitrogens with zero attached hydrogens (tertiary/aromatic N) is 2. The molecule has 4 heteroatoms. The van der Waals surface area contributed by atoms with Crippen molar-refractivity contribution in [3.05, 3.63) is 30.5 Å². The first-order chi connectivity index (χ1) is 9.29. The Labute approximate surface area is 113 Å². The topological polar surface area (TPSA) is 51.4 Å². The van der Waals surface area contributed by atoms with Gasteiger partial charge >= 0.3 is 0 Å². The summed E-state index contributed by atoms with van der Waals surface area (Å²) in [6, 6.07) is 7.99. The number of morpholine rings is 1. The third-order valence-electron chi connectivity index (χ3n) is 3.72. The largest absolute Gasteiger partial charge is 0.398 e. The number of aromatic nitrogens is 1. The van der Waals surface area contributed by atoms with Crippen molar-refractivity contribution in [3.8, 4) is 0 Å². The highest BCUT2D eigenvalue weighted by Gasteiger charge is 2.21. The number of anilines is 2. The molecule has 2 N–H and O–H groups in total. The lowest BCUT2D eigenvalue weighted by Crippen LogP contribution is -2.42. The number of hydrogen-bond acceptors (Lipinski definition) is 4. The highest BCUT2D eigenvalue weighted by Crippen LogP contribution is 2.30. The minimum atomic E-state index is 0.310. The van der Waals surface area contributed by atoms with Gasteiger partial charge in [0.05, 0.1) is 23.9 Å². The fourth-order valence-electron chi connectivity index (χ4n) is 2.62. The van der Waals surface area contributed by atoms with E-state index < -0.39 is 0 Å². The molecule has 2 heterocycles. The van der Waals surface area contributed by atoms with Gasteiger partial charge < -0.3 is 15.4 Å². The van der Waals surface area contributed by atoms with Crippen LogP contribution in [-0.4, -0.2) is 30.8 Å². The molecule has 1 aliphatic rings. The Morgan fingerprint density at radius 1 is 1.42 bits per heavy atom. The van der Waals surface area contributed by atoms with E-state index in [-0.39, 0.29) is 0 Å². The summed E-state index contributed by atoms with van der Waals surface area (Å²) in [6.07, 6.45) is 3.17. The molecule has 4 nitrogen and oxygen atoms in total. The Kier molecular flexibility index (Phi) is 3.25. The van der Waals surface area contributed by atoms with Crippen LogP contribution in [-0.2, 0) is 4.74 Å². The van der Waals surface area contributed by atoms with Crippen LogP contribution < -0.4 is 10.6 Å². The summed E-state index contributed by atoms with van der Waals surface area (Å²) < 4.78 is 5.73. The molecule has 0 amide bonds. The molecular weight excluding hydrogens is 238 g/mol. The van der Waals surface area contributed by atoms with Gasteiger partial charge in [-0.25, -0.2) is 0 Å². The zero-order valence-electron chi connectivity index (χ0n) is 11.2. The van der Waals surface area contributed by atoms with E-state index >= 15 is 0 Å². The van der Waals surface area contributed by atoms with Crippen molar-refractivity contribution in [2.75, 3.05) is 30.3 Å². The maximum atomic E-state index is 6.02. The Morgan fingerprint density at radius 2 is 2.32 bits per heavy atom. The molecule has 0 spiro atoms. The maximum absolute atomic E-state index is 6.02. The number of nitrogen functional groups attached to an aromatic ring is 1. The van der Waals surface area contributed by atoms with Gasteiger partial charge in [-0.05, 0) is 30.7 Å². The van der Waals surface area contributed by atoms with Crippen LogP contribution in [0.5, 0.6) is 0 Å². The van der Waals surface area contributed by atoms with Gasteiger partial charge in [0.25, 0.3) is 0 Å². The Balaban J connectivity index is 2.03. The van der Waals surface area contributed by atoms with E-state index in [2.05, 4.69) is 22.9 Å². The average molecular weight is 257 g/mol. The second-order valence-electron chi connectivity index (χ2n) is 4.92. The van der Waals surface area contributed by atoms with Crippen molar-refractivity contribution >= 4 is 22.3 Å². The van der Waals surface area contributed by atoms with Gasteiger partial charge in [0.2, 0.25) is 0 Å². The molecule has 100 valence electrons. The lowest BCUT2D eigenvalue weighted by atomic mass is 10.1. The molecule has 0 radical (unpaired) electrons. The van der Waals surface area contributed by atoms with Crippen LogP contribution in [0.3, 0.4) is 0 Å². The first-order valence-corrected chi connectivity index (χ1v) is 6.79. The van der Waals surface area contributed by atoms with E-state index in [1.54, 1.807) is 0 Å². The van der Waals surface area contributed by atoms with Crippen molar-refractivity contribution in [3.63, 3.8) is 0 Å². The molecule has 1 atom stereocenters. The first-order valence-electron chi connectivity index (χ1n) is 6.79. The van der Waals surface area contributed by atoms with E-state index in [9.17, 15) is 0 Å². The maximum Gasteiger partial charge on any atom is 0.0955 e. The Hall–Kier alpha value is -1.81. The van der Waals surface area contributed by atoms with Crippen molar-refractivity contribution in [2.45, 2.75) is 19.4 Å². The number of hydrogen-bond donors (Lipinski definition) is 1. The molecule has 1 aromatic carbocycles. The standard InChI is InChI=1S/C15H19N3O/c1-2-11-10-18(8-9-19-11)14-6-5-13(16)12-4-3-7-17-15(12)14/h3-7,11H,2,8-10,16H2,1H3. The first kappa shape index (κ1) is 12.2. The van der Waals surface area contributed by atoms with E-state index in [1.165, 1.54) is 0 Å². The zero-order valence-corrected chi connectivity index (χ0v) is 11.2. The van der Waals surface area contributed by atoms with E-state index in [4.69, 9.17) is 10.5 Å². The zero-order chi connectivity index (χ0) is 13.2. The molecule has 1 saturated heterocycles. The quantitative estimate of drug-likeness (QED) is 0.839. The van der Waals surface area contributed by atoms with E-state index in [1.807, 2.05) is 24.4 Å². The summed E-state index contributed by atoms with van der Waals surface area (Å²) in [5.74, 6) is 0. The molecule has 0 saturated carbocycles. The van der Waals surface area contributed by atoms with Gasteiger partial charge in [-0.2, -0.15) is 0 Å². The summed E-state index contributed by atoms with van der Waals surface area (Å²) >= 11 is 0. The van der Waals surface area contributed by atoms with E-state index in [0.717, 1.165) is 48.4 Å². The van der Waals surface area contributed by atoms with Crippen LogP contribution in [0, 0.1) is 0 Å². The van der Waals surface area contributed by atoms with Gasteiger partial charge in [0.1, 0.15) is 0 Å². The third kappa shape index (κ3) is 2.24. The van der Waals surface area contributed by atoms with Gasteiger partial charge in [-0.1, -0.05) is 6.92 Å². The fourth-order valence-corrected chi connectivity index (χ4v) is 2.62. The number of fused-ring (bicyclic) bond motifs is 1. The minimum Gasteiger partial charge on any atom is -0.398 e. The number of nitrogens with two attached hydrogens (primary N) is 1. The fraction of sp³-hybridized carbons (Fsp3) is 0.400. The normalized spacial score (nSPS) is 19.8. The molecule has 19 heavy (non-hydrogen) atoms. The molecule has 1 unspecified atom stereocenters. The third-order valence-corrected chi connectivity index (χ3v) is 3.72. The summed E-state index contributed by atoms with van der Waals surface area (Å²) in [7, 11) is 0. The number of benzene rings is 1. The molecule has 0 aliphatic carbocycles. The van der Waals surface area contributed by atoms with Gasteiger partial charge in [0.15, 0.2) is 0 Å². The molecule has 2 aromatic rings. The molecule has 3 rings (SSSR count). The summed E-state index contributed by atoms with van der Waals surface area (Å²) in [6.45, 7) is 4.77. The van der Waals surface area contributed by atoms with E-state index in [0.29, 0.717) is 6.10 Å². The van der Waals surface area contributed by atoms with Gasteiger partial charge in [-0.15, -0.1) is 0 Å². The van der Waals surface area contributed by atoms with Crippen LogP contribution in [0.2, 0.25) is 0 Å². The number of rotatable bonds is 2. The molecule has 1 fully saturated rings. The molecular formula is C15H19N3O. The van der Waals surface area contributed by atoms with Crippen LogP contribution >= 0.6 is 0 Å². The minimum absolute atomic E-state index is 0.310. The monoisotopic (exact) mass is 257 g/mol. The van der Waals surface area contributed by atoms with Crippen molar-refractivity contribution in [1.82, 2.24) is 4.98 Å². The number of ether oxygens (including phenoxy) is 1. The summed E-state index contributed by atoms with van der Waals surface area (Å²) in [5, 5.41) is 1.03. The Morgan fingerprint density at radius 3 is 3.16 bits per heavy atom. The predicted octanol–water partition coefficient (Wildman–Crippen LogP) is 2.43. The smallest absolute Gasteiger partial charge is 0.0955 e. The van der Waals surface area contributed by atoms with Gasteiger partial charge in [-0.3, -0.25) is 4.98 Å². The average Bonchev–Trinajstić information content (AvgIpc) is 2.48. The highest BCUT2D eigenvalue weighted by molar-refractivity contribution is 5.98. The lowest BCUT2D eigenvalue weighted by molar-refractivity contribution is 0.0385. The SMILES string of the molecule is CCC1CN(c2ccc(N)c3cccnc23)CCO1. The highest BCUT2D eigenvalue weighted by atomic mass is 16.5. The van der Waals surface area contributed by atoms with Crippen LogP contribution in [0.25, 0.3) is 10.9 Å². The van der Waals surface area contributed by atoms with Crippen LogP contribution in [0.15, 0.2) is 30.5 Å². The summed E-state index contributed by atoms with van der Waals surface area (Å²) in [5.41, 5.74) is 8.95. The van der Waals surface area contributed by atoms with Crippen molar-refractivity contribution in [2.24, 2.45) is 0 Å². The lowest BCUT2D eigenvalue weighted by Gasteiger charge is -2.34. The van der Waals surface area contributed by atoms with Crippen molar-refractivity contribution < 1.29 is 4.74 Å². The molecule has 1 aromatic heterocycles. The van der Waals surface area contributed by atoms with Crippen LogP contribution in [0.1, 0.15) is 13.3 Å². The van der Waals surface area contributed by atoms with Crippen LogP contribution in [0.4, 0.5) is 11.4 Å². The van der Waals surface area contributed by atoms with Crippen molar-refractivity contribution in [1.29, 1.82) is 0 Å². The predicted molar refractivity (Wildman–Crippen MR) is 78.4 cm³/mol. The van der Waals surface area contributed by atoms with Gasteiger partial charge in [0, 0.05) is 30.4 Å². The second kappa shape index (κ2) is 5.05. The molecule has 1 aliphatic heterocycles.